The molecule has 1 heterocycles. The summed E-state index contributed by atoms with van der Waals surface area (Å²) in [7, 11) is 1.59. The summed E-state index contributed by atoms with van der Waals surface area (Å²) in [5, 5.41) is 4.01. The standard InChI is InChI=1S/C22H28N2O3/c1-26-19-10-11-21-20(15-19)22(25)17(16-27-21)7-5-6-12-23-13-14-24-18-8-3-2-4-9-18/h3,8,10-11,15-16,23H,2,4-7,9,12-14H2,1H3. The highest BCUT2D eigenvalue weighted by atomic mass is 16.5. The topological polar surface area (TPSA) is 63.8 Å². The van der Waals surface area contributed by atoms with Crippen LogP contribution in [-0.4, -0.2) is 32.5 Å². The van der Waals surface area contributed by atoms with E-state index in [2.05, 4.69) is 22.5 Å². The Morgan fingerprint density at radius 3 is 3.00 bits per heavy atom. The highest BCUT2D eigenvalue weighted by molar-refractivity contribution is 5.95. The molecule has 0 aliphatic heterocycles. The van der Waals surface area contributed by atoms with E-state index in [0.717, 1.165) is 50.9 Å². The second kappa shape index (κ2) is 10.1. The second-order valence-corrected chi connectivity index (χ2v) is 6.83. The van der Waals surface area contributed by atoms with Gasteiger partial charge in [-0.25, -0.2) is 0 Å². The molecule has 0 atom stereocenters. The van der Waals surface area contributed by atoms with Gasteiger partial charge in [-0.15, -0.1) is 0 Å². The van der Waals surface area contributed by atoms with Crippen LogP contribution in [-0.2, 0) is 6.42 Å². The van der Waals surface area contributed by atoms with Gasteiger partial charge in [0.25, 0.3) is 0 Å². The van der Waals surface area contributed by atoms with Gasteiger partial charge in [0, 0.05) is 17.8 Å². The summed E-state index contributed by atoms with van der Waals surface area (Å²) in [4.78, 5) is 17.2. The number of methoxy groups -OCH3 is 1. The van der Waals surface area contributed by atoms with Crippen LogP contribution >= 0.6 is 0 Å². The highest BCUT2D eigenvalue weighted by Gasteiger charge is 2.08. The van der Waals surface area contributed by atoms with Crippen LogP contribution in [0.3, 0.4) is 0 Å². The fraction of sp³-hybridized carbons (Fsp3) is 0.455. The van der Waals surface area contributed by atoms with Crippen LogP contribution < -0.4 is 15.5 Å². The van der Waals surface area contributed by atoms with Crippen molar-refractivity contribution in [3.05, 3.63) is 52.4 Å². The third-order valence-electron chi connectivity index (χ3n) is 4.82. The van der Waals surface area contributed by atoms with Crippen molar-refractivity contribution in [3.8, 4) is 5.75 Å². The predicted octanol–water partition coefficient (Wildman–Crippen LogP) is 3.90. The Kier molecular flexibility index (Phi) is 7.22. The molecule has 27 heavy (non-hydrogen) atoms. The van der Waals surface area contributed by atoms with Crippen LogP contribution in [0.1, 0.15) is 37.7 Å². The summed E-state index contributed by atoms with van der Waals surface area (Å²) in [6.45, 7) is 2.67. The largest absolute Gasteiger partial charge is 0.497 e. The van der Waals surface area contributed by atoms with Gasteiger partial charge in [0.2, 0.25) is 0 Å². The molecule has 0 amide bonds. The Morgan fingerprint density at radius 1 is 1.26 bits per heavy atom. The second-order valence-electron chi connectivity index (χ2n) is 6.83. The summed E-state index contributed by atoms with van der Waals surface area (Å²) in [6.07, 6.45) is 12.2. The van der Waals surface area contributed by atoms with E-state index in [1.54, 1.807) is 31.6 Å². The monoisotopic (exact) mass is 368 g/mol. The zero-order valence-corrected chi connectivity index (χ0v) is 16.0. The number of hydrogen-bond acceptors (Lipinski definition) is 5. The molecule has 0 saturated carbocycles. The molecule has 5 nitrogen and oxygen atoms in total. The van der Waals surface area contributed by atoms with Gasteiger partial charge in [-0.3, -0.25) is 9.79 Å². The van der Waals surface area contributed by atoms with Gasteiger partial charge in [0.15, 0.2) is 5.43 Å². The maximum absolute atomic E-state index is 12.6. The first-order valence-corrected chi connectivity index (χ1v) is 9.77. The lowest BCUT2D eigenvalue weighted by Gasteiger charge is -2.07. The molecule has 1 aromatic carbocycles. The molecule has 2 aromatic rings. The van der Waals surface area contributed by atoms with Gasteiger partial charge >= 0.3 is 0 Å². The minimum atomic E-state index is 0.0412. The molecular formula is C22H28N2O3. The summed E-state index contributed by atoms with van der Waals surface area (Å²) >= 11 is 0. The van der Waals surface area contributed by atoms with E-state index in [9.17, 15) is 4.79 Å². The van der Waals surface area contributed by atoms with Crippen molar-refractivity contribution in [1.82, 2.24) is 5.32 Å². The van der Waals surface area contributed by atoms with E-state index >= 15 is 0 Å². The van der Waals surface area contributed by atoms with Crippen LogP contribution in [0.4, 0.5) is 0 Å². The third-order valence-corrected chi connectivity index (χ3v) is 4.82. The summed E-state index contributed by atoms with van der Waals surface area (Å²) in [5.41, 5.74) is 2.59. The Bertz CT molecular complexity index is 867. The molecule has 0 saturated heterocycles. The Morgan fingerprint density at radius 2 is 2.19 bits per heavy atom. The molecule has 0 bridgehead atoms. The lowest BCUT2D eigenvalue weighted by atomic mass is 10.1. The van der Waals surface area contributed by atoms with Crippen molar-refractivity contribution in [2.24, 2.45) is 4.99 Å². The molecule has 0 unspecified atom stereocenters. The van der Waals surface area contributed by atoms with E-state index in [1.807, 2.05) is 0 Å². The average Bonchev–Trinajstić information content (AvgIpc) is 2.72. The van der Waals surface area contributed by atoms with Crippen LogP contribution in [0.15, 0.2) is 50.8 Å². The number of aliphatic imine (C=N–C) groups is 1. The quantitative estimate of drug-likeness (QED) is 0.682. The number of benzene rings is 1. The summed E-state index contributed by atoms with van der Waals surface area (Å²) < 4.78 is 10.8. The van der Waals surface area contributed by atoms with Crippen molar-refractivity contribution < 1.29 is 9.15 Å². The van der Waals surface area contributed by atoms with Crippen molar-refractivity contribution in [2.75, 3.05) is 26.7 Å². The van der Waals surface area contributed by atoms with Crippen LogP contribution in [0.25, 0.3) is 11.0 Å². The molecular weight excluding hydrogens is 340 g/mol. The van der Waals surface area contributed by atoms with E-state index in [0.29, 0.717) is 16.7 Å². The molecule has 1 aromatic heterocycles. The first kappa shape index (κ1) is 19.4. The first-order valence-electron chi connectivity index (χ1n) is 9.77. The highest BCUT2D eigenvalue weighted by Crippen LogP contribution is 2.19. The minimum Gasteiger partial charge on any atom is -0.497 e. The number of rotatable bonds is 9. The number of unbranched alkanes of at least 4 members (excludes halogenated alkanes) is 1. The number of allylic oxidation sites excluding steroid dienone is 2. The van der Waals surface area contributed by atoms with Gasteiger partial charge < -0.3 is 14.5 Å². The van der Waals surface area contributed by atoms with Crippen molar-refractivity contribution >= 4 is 16.7 Å². The zero-order valence-electron chi connectivity index (χ0n) is 16.0. The van der Waals surface area contributed by atoms with Crippen LogP contribution in [0.5, 0.6) is 5.75 Å². The van der Waals surface area contributed by atoms with Crippen LogP contribution in [0, 0.1) is 0 Å². The SMILES string of the molecule is COc1ccc2occ(CCCCNCCN=C3C=CCCC3)c(=O)c2c1. The Balaban J connectivity index is 1.40. The molecule has 1 aliphatic carbocycles. The van der Waals surface area contributed by atoms with E-state index < -0.39 is 0 Å². The number of nitrogens with one attached hydrogen (secondary N) is 1. The van der Waals surface area contributed by atoms with E-state index in [1.165, 1.54) is 18.6 Å². The van der Waals surface area contributed by atoms with Gasteiger partial charge in [0.05, 0.1) is 25.3 Å². The number of hydrogen-bond donors (Lipinski definition) is 1. The van der Waals surface area contributed by atoms with Crippen LogP contribution in [0.2, 0.25) is 0 Å². The summed E-state index contributed by atoms with van der Waals surface area (Å²) in [5.74, 6) is 0.670. The molecule has 0 fully saturated rings. The maximum atomic E-state index is 12.6. The van der Waals surface area contributed by atoms with Gasteiger partial charge in [0.1, 0.15) is 11.3 Å². The lowest BCUT2D eigenvalue weighted by Crippen LogP contribution is -2.20. The normalized spacial score (nSPS) is 15.5. The smallest absolute Gasteiger partial charge is 0.195 e. The average molecular weight is 368 g/mol. The molecule has 0 spiro atoms. The van der Waals surface area contributed by atoms with Gasteiger partial charge in [-0.2, -0.15) is 0 Å². The van der Waals surface area contributed by atoms with Crippen molar-refractivity contribution in [1.29, 1.82) is 0 Å². The minimum absolute atomic E-state index is 0.0412. The maximum Gasteiger partial charge on any atom is 0.195 e. The number of nitrogens with zero attached hydrogens (tertiary/aromatic N) is 1. The fourth-order valence-electron chi connectivity index (χ4n) is 3.25. The van der Waals surface area contributed by atoms with E-state index in [4.69, 9.17) is 9.15 Å². The first-order chi connectivity index (χ1) is 13.3. The van der Waals surface area contributed by atoms with Gasteiger partial charge in [-0.1, -0.05) is 6.08 Å². The van der Waals surface area contributed by atoms with Gasteiger partial charge in [-0.05, 0) is 69.3 Å². The lowest BCUT2D eigenvalue weighted by molar-refractivity contribution is 0.415. The molecule has 144 valence electrons. The fourth-order valence-corrected chi connectivity index (χ4v) is 3.25. The van der Waals surface area contributed by atoms with Crippen molar-refractivity contribution in [2.45, 2.75) is 38.5 Å². The molecule has 0 radical (unpaired) electrons. The zero-order chi connectivity index (χ0) is 18.9. The summed E-state index contributed by atoms with van der Waals surface area (Å²) in [6, 6.07) is 5.32. The number of aryl methyl sites for hydroxylation is 1. The predicted molar refractivity (Wildman–Crippen MR) is 110 cm³/mol. The molecule has 1 aliphatic rings. The molecule has 5 heteroatoms. The van der Waals surface area contributed by atoms with E-state index in [-0.39, 0.29) is 5.43 Å². The number of fused-ring (bicyclic) bond motifs is 1. The Labute approximate surface area is 160 Å². The van der Waals surface area contributed by atoms with Crippen molar-refractivity contribution in [3.63, 3.8) is 0 Å². The number of ether oxygens (including phenoxy) is 1. The molecule has 1 N–H and O–H groups in total. The molecule has 3 rings (SSSR count). The third kappa shape index (κ3) is 5.54. The Hall–Kier alpha value is -2.40.